The first kappa shape index (κ1) is 14.5. The summed E-state index contributed by atoms with van der Waals surface area (Å²) >= 11 is 3.51. The minimum Gasteiger partial charge on any atom is -0.396 e. The summed E-state index contributed by atoms with van der Waals surface area (Å²) in [5.74, 6) is 0.107. The van der Waals surface area contributed by atoms with Crippen LogP contribution in [0.4, 0.5) is 0 Å². The fourth-order valence-corrected chi connectivity index (χ4v) is 3.13. The molecule has 1 aliphatic heterocycles. The van der Waals surface area contributed by atoms with E-state index < -0.39 is 0 Å². The molecule has 0 aromatic heterocycles. The van der Waals surface area contributed by atoms with E-state index in [9.17, 15) is 4.79 Å². The van der Waals surface area contributed by atoms with Gasteiger partial charge >= 0.3 is 0 Å². The number of carbonyl (C=O) groups excluding carboxylic acids is 1. The molecule has 0 radical (unpaired) electrons. The molecular weight excluding hydrogens is 306 g/mol. The molecule has 0 bridgehead atoms. The Labute approximate surface area is 122 Å². The molecule has 0 aliphatic carbocycles. The molecule has 3 nitrogen and oxygen atoms in total. The van der Waals surface area contributed by atoms with Gasteiger partial charge in [-0.3, -0.25) is 4.79 Å². The van der Waals surface area contributed by atoms with E-state index in [0.717, 1.165) is 47.8 Å². The van der Waals surface area contributed by atoms with Crippen molar-refractivity contribution < 1.29 is 9.90 Å². The fourth-order valence-electron chi connectivity index (χ4n) is 2.70. The standard InChI is InChI=1S/C15H20BrNO2/c1-11-5-2-8-13(14(11)16)15(19)17-9-3-6-12(17)7-4-10-18/h2,5,8,12,18H,3-4,6-7,9-10H2,1H3. The maximum atomic E-state index is 12.6. The van der Waals surface area contributed by atoms with E-state index >= 15 is 0 Å². The molecule has 2 rings (SSSR count). The zero-order valence-corrected chi connectivity index (χ0v) is 12.8. The van der Waals surface area contributed by atoms with Crippen molar-refractivity contribution in [2.75, 3.05) is 13.2 Å². The molecule has 19 heavy (non-hydrogen) atoms. The molecule has 1 aromatic carbocycles. The zero-order chi connectivity index (χ0) is 13.8. The number of hydrogen-bond acceptors (Lipinski definition) is 2. The molecule has 1 N–H and O–H groups in total. The van der Waals surface area contributed by atoms with Gasteiger partial charge in [-0.2, -0.15) is 0 Å². The lowest BCUT2D eigenvalue weighted by Crippen LogP contribution is -2.35. The van der Waals surface area contributed by atoms with Crippen molar-refractivity contribution in [2.24, 2.45) is 0 Å². The number of carbonyl (C=O) groups is 1. The largest absolute Gasteiger partial charge is 0.396 e. The number of nitrogens with zero attached hydrogens (tertiary/aromatic N) is 1. The van der Waals surface area contributed by atoms with Crippen LogP contribution in [0.1, 0.15) is 41.6 Å². The highest BCUT2D eigenvalue weighted by molar-refractivity contribution is 9.10. The second kappa shape index (κ2) is 6.53. The van der Waals surface area contributed by atoms with E-state index in [-0.39, 0.29) is 18.6 Å². The van der Waals surface area contributed by atoms with Gasteiger partial charge in [0.15, 0.2) is 0 Å². The van der Waals surface area contributed by atoms with E-state index in [1.165, 1.54) is 0 Å². The van der Waals surface area contributed by atoms with Gasteiger partial charge in [-0.05, 0) is 60.2 Å². The van der Waals surface area contributed by atoms with E-state index in [2.05, 4.69) is 15.9 Å². The molecule has 1 fully saturated rings. The Kier molecular flexibility index (Phi) is 4.99. The summed E-state index contributed by atoms with van der Waals surface area (Å²) in [5, 5.41) is 8.94. The minimum atomic E-state index is 0.107. The molecular formula is C15H20BrNO2. The highest BCUT2D eigenvalue weighted by Gasteiger charge is 2.29. The third kappa shape index (κ3) is 3.18. The number of aliphatic hydroxyl groups excluding tert-OH is 1. The zero-order valence-electron chi connectivity index (χ0n) is 11.2. The van der Waals surface area contributed by atoms with Crippen molar-refractivity contribution in [3.05, 3.63) is 33.8 Å². The van der Waals surface area contributed by atoms with Crippen LogP contribution < -0.4 is 0 Å². The van der Waals surface area contributed by atoms with E-state index in [0.29, 0.717) is 0 Å². The number of hydrogen-bond donors (Lipinski definition) is 1. The average Bonchev–Trinajstić information content (AvgIpc) is 2.87. The van der Waals surface area contributed by atoms with E-state index in [4.69, 9.17) is 5.11 Å². The van der Waals surface area contributed by atoms with Crippen molar-refractivity contribution in [1.82, 2.24) is 4.90 Å². The summed E-state index contributed by atoms with van der Waals surface area (Å²) in [6.45, 7) is 3.02. The van der Waals surface area contributed by atoms with Gasteiger partial charge in [-0.25, -0.2) is 0 Å². The van der Waals surface area contributed by atoms with Crippen LogP contribution in [0.5, 0.6) is 0 Å². The molecule has 104 valence electrons. The second-order valence-corrected chi connectivity index (χ2v) is 5.89. The van der Waals surface area contributed by atoms with Gasteiger partial charge in [-0.15, -0.1) is 0 Å². The quantitative estimate of drug-likeness (QED) is 0.923. The fraction of sp³-hybridized carbons (Fsp3) is 0.533. The lowest BCUT2D eigenvalue weighted by molar-refractivity contribution is 0.0723. The smallest absolute Gasteiger partial charge is 0.255 e. The molecule has 1 amide bonds. The molecule has 4 heteroatoms. The summed E-state index contributed by atoms with van der Waals surface area (Å²) in [4.78, 5) is 14.6. The minimum absolute atomic E-state index is 0.107. The average molecular weight is 326 g/mol. The Hall–Kier alpha value is -0.870. The molecule has 1 heterocycles. The lowest BCUT2D eigenvalue weighted by Gasteiger charge is -2.25. The third-order valence-corrected chi connectivity index (χ3v) is 4.81. The van der Waals surface area contributed by atoms with Crippen LogP contribution in [0.25, 0.3) is 0 Å². The number of halogens is 1. The lowest BCUT2D eigenvalue weighted by atomic mass is 10.1. The number of benzene rings is 1. The number of likely N-dealkylation sites (tertiary alicyclic amines) is 1. The van der Waals surface area contributed by atoms with Crippen LogP contribution in [0.2, 0.25) is 0 Å². The van der Waals surface area contributed by atoms with Crippen molar-refractivity contribution in [2.45, 2.75) is 38.6 Å². The van der Waals surface area contributed by atoms with Crippen LogP contribution in [-0.4, -0.2) is 35.1 Å². The van der Waals surface area contributed by atoms with Crippen LogP contribution in [-0.2, 0) is 0 Å². The Balaban J connectivity index is 2.16. The normalized spacial score (nSPS) is 18.9. The number of amides is 1. The topological polar surface area (TPSA) is 40.5 Å². The SMILES string of the molecule is Cc1cccc(C(=O)N2CCCC2CCCO)c1Br. The Bertz CT molecular complexity index is 461. The molecule has 1 aromatic rings. The van der Waals surface area contributed by atoms with E-state index in [1.54, 1.807) is 0 Å². The predicted molar refractivity (Wildman–Crippen MR) is 79.3 cm³/mol. The first-order valence-electron chi connectivity index (χ1n) is 6.82. The van der Waals surface area contributed by atoms with Crippen LogP contribution in [0.15, 0.2) is 22.7 Å². The highest BCUT2D eigenvalue weighted by atomic mass is 79.9. The van der Waals surface area contributed by atoms with Crippen LogP contribution in [0, 0.1) is 6.92 Å². The van der Waals surface area contributed by atoms with Crippen molar-refractivity contribution in [1.29, 1.82) is 0 Å². The van der Waals surface area contributed by atoms with Gasteiger partial charge < -0.3 is 10.0 Å². The summed E-state index contributed by atoms with van der Waals surface area (Å²) in [7, 11) is 0. The van der Waals surface area contributed by atoms with Gasteiger partial charge in [0.1, 0.15) is 0 Å². The van der Waals surface area contributed by atoms with Gasteiger partial charge in [0.05, 0.1) is 5.56 Å². The summed E-state index contributed by atoms with van der Waals surface area (Å²) in [6, 6.07) is 6.08. The molecule has 1 unspecified atom stereocenters. The third-order valence-electron chi connectivity index (χ3n) is 3.76. The van der Waals surface area contributed by atoms with Gasteiger partial charge in [-0.1, -0.05) is 12.1 Å². The molecule has 0 spiro atoms. The first-order chi connectivity index (χ1) is 9.15. The Morgan fingerprint density at radius 3 is 3.05 bits per heavy atom. The first-order valence-corrected chi connectivity index (χ1v) is 7.61. The van der Waals surface area contributed by atoms with Crippen LogP contribution >= 0.6 is 15.9 Å². The summed E-state index contributed by atoms with van der Waals surface area (Å²) < 4.78 is 0.896. The van der Waals surface area contributed by atoms with Crippen molar-refractivity contribution >= 4 is 21.8 Å². The molecule has 1 aliphatic rings. The Morgan fingerprint density at radius 2 is 2.32 bits per heavy atom. The number of aliphatic hydroxyl groups is 1. The van der Waals surface area contributed by atoms with Crippen molar-refractivity contribution in [3.8, 4) is 0 Å². The second-order valence-electron chi connectivity index (χ2n) is 5.10. The summed E-state index contributed by atoms with van der Waals surface area (Å²) in [5.41, 5.74) is 1.83. The molecule has 1 saturated heterocycles. The monoisotopic (exact) mass is 325 g/mol. The molecule has 1 atom stereocenters. The number of rotatable bonds is 4. The van der Waals surface area contributed by atoms with Gasteiger partial charge in [0.2, 0.25) is 0 Å². The maximum absolute atomic E-state index is 12.6. The van der Waals surface area contributed by atoms with Crippen LogP contribution in [0.3, 0.4) is 0 Å². The predicted octanol–water partition coefficient (Wildman–Crippen LogP) is 3.13. The van der Waals surface area contributed by atoms with Gasteiger partial charge in [0, 0.05) is 23.7 Å². The van der Waals surface area contributed by atoms with Crippen molar-refractivity contribution in [3.63, 3.8) is 0 Å². The van der Waals surface area contributed by atoms with Gasteiger partial charge in [0.25, 0.3) is 5.91 Å². The Morgan fingerprint density at radius 1 is 1.53 bits per heavy atom. The maximum Gasteiger partial charge on any atom is 0.255 e. The highest BCUT2D eigenvalue weighted by Crippen LogP contribution is 2.27. The number of aryl methyl sites for hydroxylation is 1. The van der Waals surface area contributed by atoms with E-state index in [1.807, 2.05) is 30.0 Å². The molecule has 0 saturated carbocycles. The summed E-state index contributed by atoms with van der Waals surface area (Å²) in [6.07, 6.45) is 3.77.